The molecule has 2 aromatic rings. The molecule has 0 bridgehead atoms. The Balaban J connectivity index is 1.48. The average molecular weight is 372 g/mol. The fourth-order valence-corrected chi connectivity index (χ4v) is 3.33. The van der Waals surface area contributed by atoms with Gasteiger partial charge in [0, 0.05) is 16.7 Å². The summed E-state index contributed by atoms with van der Waals surface area (Å²) in [6.07, 6.45) is 3.46. The second kappa shape index (κ2) is 8.88. The second-order valence-electron chi connectivity index (χ2n) is 6.49. The Morgan fingerprint density at radius 2 is 1.92 bits per heavy atom. The third-order valence-electron chi connectivity index (χ3n) is 4.66. The van der Waals surface area contributed by atoms with Crippen LogP contribution in [0.5, 0.6) is 5.75 Å². The van der Waals surface area contributed by atoms with E-state index in [1.165, 1.54) is 10.5 Å². The number of hydrogen-bond acceptors (Lipinski definition) is 2. The minimum Gasteiger partial charge on any atom is -0.497 e. The van der Waals surface area contributed by atoms with Crippen LogP contribution >= 0.6 is 11.6 Å². The molecule has 5 heteroatoms. The number of carbonyl (C=O) groups is 1. The number of halogens is 1. The first-order chi connectivity index (χ1) is 12.6. The van der Waals surface area contributed by atoms with E-state index in [0.29, 0.717) is 5.02 Å². The van der Waals surface area contributed by atoms with Crippen LogP contribution in [0.3, 0.4) is 0 Å². The van der Waals surface area contributed by atoms with E-state index in [1.54, 1.807) is 13.2 Å². The quantitative estimate of drug-likeness (QED) is 0.818. The van der Waals surface area contributed by atoms with Crippen LogP contribution < -0.4 is 9.64 Å². The summed E-state index contributed by atoms with van der Waals surface area (Å²) in [5, 5.41) is 0.676. The van der Waals surface area contributed by atoms with Gasteiger partial charge >= 0.3 is 0 Å². The number of piperazine rings is 1. The molecule has 1 amide bonds. The monoisotopic (exact) mass is 371 g/mol. The van der Waals surface area contributed by atoms with Crippen molar-refractivity contribution in [2.45, 2.75) is 6.54 Å². The molecule has 0 radical (unpaired) electrons. The number of quaternary nitrogens is 1. The number of benzene rings is 2. The zero-order valence-corrected chi connectivity index (χ0v) is 15.7. The first-order valence-corrected chi connectivity index (χ1v) is 9.21. The molecular weight excluding hydrogens is 348 g/mol. The first-order valence-electron chi connectivity index (χ1n) is 8.83. The molecule has 0 atom stereocenters. The molecular formula is C21H24ClN2O2+. The summed E-state index contributed by atoms with van der Waals surface area (Å²) < 4.78 is 5.20. The summed E-state index contributed by atoms with van der Waals surface area (Å²) in [6, 6.07) is 15.7. The molecule has 0 saturated carbocycles. The smallest absolute Gasteiger partial charge is 0.246 e. The second-order valence-corrected chi connectivity index (χ2v) is 6.92. The van der Waals surface area contributed by atoms with E-state index >= 15 is 0 Å². The molecule has 1 saturated heterocycles. The van der Waals surface area contributed by atoms with E-state index in [0.717, 1.165) is 44.0 Å². The molecule has 0 unspecified atom stereocenters. The van der Waals surface area contributed by atoms with Gasteiger partial charge in [0.25, 0.3) is 0 Å². The summed E-state index contributed by atoms with van der Waals surface area (Å²) in [6.45, 7) is 4.46. The highest BCUT2D eigenvalue weighted by Gasteiger charge is 2.22. The Hall–Kier alpha value is -2.30. The minimum atomic E-state index is 0.0634. The number of carbonyl (C=O) groups excluding carboxylic acids is 1. The molecule has 136 valence electrons. The van der Waals surface area contributed by atoms with Gasteiger partial charge in [-0.1, -0.05) is 23.7 Å². The van der Waals surface area contributed by atoms with Crippen molar-refractivity contribution in [3.8, 4) is 5.75 Å². The van der Waals surface area contributed by atoms with Crippen LogP contribution in [-0.4, -0.2) is 44.1 Å². The zero-order valence-electron chi connectivity index (χ0n) is 15.0. The van der Waals surface area contributed by atoms with Crippen molar-refractivity contribution in [1.29, 1.82) is 0 Å². The highest BCUT2D eigenvalue weighted by atomic mass is 35.5. The van der Waals surface area contributed by atoms with Crippen molar-refractivity contribution in [3.05, 3.63) is 70.8 Å². The van der Waals surface area contributed by atoms with Gasteiger partial charge in [0.05, 0.1) is 33.3 Å². The number of amides is 1. The SMILES string of the molecule is COc1ccc(C[NH+]2CCN(C(=O)/C=C/c3cccc(Cl)c3)CC2)cc1. The number of hydrogen-bond donors (Lipinski definition) is 1. The third-order valence-corrected chi connectivity index (χ3v) is 4.90. The molecule has 0 aromatic heterocycles. The normalized spacial score (nSPS) is 15.4. The van der Waals surface area contributed by atoms with E-state index in [1.807, 2.05) is 47.4 Å². The molecule has 1 heterocycles. The van der Waals surface area contributed by atoms with Gasteiger partial charge in [0.2, 0.25) is 5.91 Å². The Labute approximate surface area is 159 Å². The van der Waals surface area contributed by atoms with Gasteiger partial charge in [-0.05, 0) is 48.0 Å². The fraction of sp³-hybridized carbons (Fsp3) is 0.286. The van der Waals surface area contributed by atoms with Gasteiger partial charge in [-0.25, -0.2) is 0 Å². The number of rotatable bonds is 5. The molecule has 1 fully saturated rings. The van der Waals surface area contributed by atoms with E-state index < -0.39 is 0 Å². The Bertz CT molecular complexity index is 766. The molecule has 1 N–H and O–H groups in total. The predicted molar refractivity (Wildman–Crippen MR) is 104 cm³/mol. The molecule has 26 heavy (non-hydrogen) atoms. The molecule has 1 aliphatic rings. The molecule has 4 nitrogen and oxygen atoms in total. The standard InChI is InChI=1S/C21H23ClN2O2/c1-26-20-8-5-18(6-9-20)16-23-11-13-24(14-12-23)21(25)10-7-17-3-2-4-19(22)15-17/h2-10,15H,11-14,16H2,1H3/p+1/b10-7+. The van der Waals surface area contributed by atoms with Crippen LogP contribution in [0.2, 0.25) is 5.02 Å². The lowest BCUT2D eigenvalue weighted by atomic mass is 10.2. The third kappa shape index (κ3) is 5.10. The Morgan fingerprint density at radius 3 is 2.58 bits per heavy atom. The lowest BCUT2D eigenvalue weighted by Gasteiger charge is -2.31. The average Bonchev–Trinajstić information content (AvgIpc) is 2.67. The Morgan fingerprint density at radius 1 is 1.19 bits per heavy atom. The van der Waals surface area contributed by atoms with Crippen LogP contribution in [-0.2, 0) is 11.3 Å². The van der Waals surface area contributed by atoms with E-state index in [2.05, 4.69) is 12.1 Å². The number of ether oxygens (including phenoxy) is 1. The summed E-state index contributed by atoms with van der Waals surface area (Å²) >= 11 is 5.97. The molecule has 0 aliphatic carbocycles. The van der Waals surface area contributed by atoms with Gasteiger partial charge in [0.1, 0.15) is 12.3 Å². The zero-order chi connectivity index (χ0) is 18.4. The van der Waals surface area contributed by atoms with Crippen molar-refractivity contribution >= 4 is 23.6 Å². The lowest BCUT2D eigenvalue weighted by Crippen LogP contribution is -3.13. The molecule has 0 spiro atoms. The van der Waals surface area contributed by atoms with E-state index in [-0.39, 0.29) is 5.91 Å². The van der Waals surface area contributed by atoms with Crippen molar-refractivity contribution < 1.29 is 14.4 Å². The predicted octanol–water partition coefficient (Wildman–Crippen LogP) is 2.29. The minimum absolute atomic E-state index is 0.0634. The van der Waals surface area contributed by atoms with Crippen LogP contribution in [0.15, 0.2) is 54.6 Å². The summed E-state index contributed by atoms with van der Waals surface area (Å²) in [4.78, 5) is 15.8. The van der Waals surface area contributed by atoms with Gasteiger partial charge in [-0.3, -0.25) is 4.79 Å². The van der Waals surface area contributed by atoms with Crippen LogP contribution in [0.25, 0.3) is 6.08 Å². The molecule has 3 rings (SSSR count). The van der Waals surface area contributed by atoms with Crippen molar-refractivity contribution in [2.75, 3.05) is 33.3 Å². The molecule has 1 aliphatic heterocycles. The van der Waals surface area contributed by atoms with Gasteiger partial charge in [-0.15, -0.1) is 0 Å². The summed E-state index contributed by atoms with van der Waals surface area (Å²) in [5.74, 6) is 0.944. The maximum atomic E-state index is 12.4. The van der Waals surface area contributed by atoms with E-state index in [4.69, 9.17) is 16.3 Å². The first kappa shape index (κ1) is 18.5. The largest absolute Gasteiger partial charge is 0.497 e. The number of nitrogens with one attached hydrogen (secondary N) is 1. The fourth-order valence-electron chi connectivity index (χ4n) is 3.14. The van der Waals surface area contributed by atoms with Crippen LogP contribution in [0, 0.1) is 0 Å². The van der Waals surface area contributed by atoms with Crippen LogP contribution in [0.1, 0.15) is 11.1 Å². The van der Waals surface area contributed by atoms with Crippen molar-refractivity contribution in [1.82, 2.24) is 4.90 Å². The summed E-state index contributed by atoms with van der Waals surface area (Å²) in [5.41, 5.74) is 2.23. The maximum Gasteiger partial charge on any atom is 0.246 e. The van der Waals surface area contributed by atoms with Crippen molar-refractivity contribution in [2.24, 2.45) is 0 Å². The highest BCUT2D eigenvalue weighted by molar-refractivity contribution is 6.30. The van der Waals surface area contributed by atoms with Gasteiger partial charge < -0.3 is 14.5 Å². The van der Waals surface area contributed by atoms with Crippen LogP contribution in [0.4, 0.5) is 0 Å². The van der Waals surface area contributed by atoms with E-state index in [9.17, 15) is 4.79 Å². The van der Waals surface area contributed by atoms with Gasteiger partial charge in [0.15, 0.2) is 0 Å². The number of methoxy groups -OCH3 is 1. The van der Waals surface area contributed by atoms with Gasteiger partial charge in [-0.2, -0.15) is 0 Å². The summed E-state index contributed by atoms with van der Waals surface area (Å²) in [7, 11) is 1.68. The molecule has 2 aromatic carbocycles. The highest BCUT2D eigenvalue weighted by Crippen LogP contribution is 2.12. The Kier molecular flexibility index (Phi) is 6.31. The topological polar surface area (TPSA) is 34.0 Å². The lowest BCUT2D eigenvalue weighted by molar-refractivity contribution is -0.917. The van der Waals surface area contributed by atoms with Crippen molar-refractivity contribution in [3.63, 3.8) is 0 Å². The maximum absolute atomic E-state index is 12.4. The number of nitrogens with zero attached hydrogens (tertiary/aromatic N) is 1.